The summed E-state index contributed by atoms with van der Waals surface area (Å²) in [5, 5.41) is 3.57. The minimum atomic E-state index is 0. The Morgan fingerprint density at radius 3 is 0.584 bits per heavy atom. The first-order valence-electron chi connectivity index (χ1n) is 30.5. The van der Waals surface area contributed by atoms with Crippen molar-refractivity contribution >= 4 is 44.1 Å². The third-order valence-electron chi connectivity index (χ3n) is 14.2. The van der Waals surface area contributed by atoms with Crippen LogP contribution in [0.5, 0.6) is 0 Å². The molecule has 7 aromatic rings. The van der Waals surface area contributed by atoms with E-state index in [-0.39, 0.29) is 17.1 Å². The van der Waals surface area contributed by atoms with Crippen LogP contribution < -0.4 is 9.97 Å². The van der Waals surface area contributed by atoms with Gasteiger partial charge in [-0.3, -0.25) is 0 Å². The van der Waals surface area contributed by atoms with Gasteiger partial charge in [-0.05, 0) is 21.5 Å². The van der Waals surface area contributed by atoms with Crippen LogP contribution in [-0.2, 0) is 17.1 Å². The number of hydrogen-bond donors (Lipinski definition) is 0. The van der Waals surface area contributed by atoms with E-state index in [9.17, 15) is 0 Å². The topological polar surface area (TPSA) is 106 Å². The van der Waals surface area contributed by atoms with Gasteiger partial charge >= 0.3 is 17.1 Å². The summed E-state index contributed by atoms with van der Waals surface area (Å²) in [5.41, 5.74) is 5.78. The van der Waals surface area contributed by atoms with E-state index in [1.54, 1.807) is 0 Å². The van der Waals surface area contributed by atoms with Crippen LogP contribution >= 0.6 is 0 Å². The van der Waals surface area contributed by atoms with Crippen molar-refractivity contribution in [3.63, 3.8) is 0 Å². The Bertz CT molecular complexity index is 2460. The second-order valence-corrected chi connectivity index (χ2v) is 20.7. The quantitative estimate of drug-likeness (QED) is 0.0435. The molecule has 4 aromatic carbocycles. The minimum absolute atomic E-state index is 0. The Labute approximate surface area is 476 Å². The van der Waals surface area contributed by atoms with Crippen molar-refractivity contribution in [1.29, 1.82) is 0 Å². The van der Waals surface area contributed by atoms with Crippen molar-refractivity contribution in [1.82, 2.24) is 39.9 Å². The van der Waals surface area contributed by atoms with Crippen LogP contribution in [0.2, 0.25) is 0 Å². The molecule has 9 heteroatoms. The van der Waals surface area contributed by atoms with Gasteiger partial charge in [0, 0.05) is 44.8 Å². The molecule has 0 amide bonds. The van der Waals surface area contributed by atoms with E-state index in [2.05, 4.69) is 55.4 Å². The maximum Gasteiger partial charge on any atom is 2.00 e. The number of unbranched alkanes of at least 4 members (excludes halogenated alkanes) is 24. The van der Waals surface area contributed by atoms with E-state index in [0.717, 1.165) is 43.8 Å². The molecule has 0 saturated heterocycles. The minimum Gasteiger partial charge on any atom is -0.357 e. The van der Waals surface area contributed by atoms with Gasteiger partial charge < -0.3 is 29.9 Å². The van der Waals surface area contributed by atoms with Crippen molar-refractivity contribution in [2.75, 3.05) is 0 Å². The van der Waals surface area contributed by atoms with Crippen LogP contribution in [0.3, 0.4) is 0 Å². The Kier molecular flexibility index (Phi) is 32.0. The van der Waals surface area contributed by atoms with Gasteiger partial charge in [-0.1, -0.05) is 332 Å². The van der Waals surface area contributed by atoms with Gasteiger partial charge in [-0.15, -0.1) is 0 Å². The molecule has 0 aliphatic carbocycles. The normalized spacial score (nSPS) is 10.9. The molecule has 8 nitrogen and oxygen atoms in total. The third kappa shape index (κ3) is 20.8. The third-order valence-corrected chi connectivity index (χ3v) is 14.2. The molecule has 77 heavy (non-hydrogen) atoms. The first-order chi connectivity index (χ1) is 37.5. The molecule has 0 fully saturated rings. The summed E-state index contributed by atoms with van der Waals surface area (Å²) in [4.78, 5) is 39.3. The van der Waals surface area contributed by atoms with Crippen LogP contribution in [0.25, 0.3) is 89.7 Å². The zero-order chi connectivity index (χ0) is 54.0. The Morgan fingerprint density at radius 1 is 0.234 bits per heavy atom. The van der Waals surface area contributed by atoms with E-state index < -0.39 is 0 Å². The molecule has 2 aliphatic heterocycles. The standard InChI is InChI=1S/C32H16N8.4C9H20.Cu/c1-2-10-18-17(9-1)25-33-26(18)38-28-21-13-5-6-14-22(21)30(35-28)40-32-24-16-8-7-15-23(24)31(36-32)39-29-20-12-4-3-11-19(20)27(34-29)37-25;4*1-3-5-7-9-8-6-4-2;/h1-16H;4*3-9H2,1-2H3;/q-2;;;;;+2. The van der Waals surface area contributed by atoms with Crippen molar-refractivity contribution in [2.45, 2.75) is 235 Å². The molecule has 3 aromatic heterocycles. The smallest absolute Gasteiger partial charge is 0.357 e. The molecular formula is C68H96CuN8. The fourth-order valence-corrected chi connectivity index (χ4v) is 9.58. The zero-order valence-electron chi connectivity index (χ0n) is 48.9. The molecule has 0 unspecified atom stereocenters. The van der Waals surface area contributed by atoms with Gasteiger partial charge in [0.2, 0.25) is 0 Å². The van der Waals surface area contributed by atoms with Crippen molar-refractivity contribution in [3.05, 3.63) is 97.1 Å². The van der Waals surface area contributed by atoms with Crippen molar-refractivity contribution in [3.8, 4) is 45.6 Å². The van der Waals surface area contributed by atoms with Gasteiger partial charge in [-0.25, -0.2) is 9.97 Å². The van der Waals surface area contributed by atoms with Crippen LogP contribution in [0.1, 0.15) is 235 Å². The van der Waals surface area contributed by atoms with Gasteiger partial charge in [0.25, 0.3) is 0 Å². The number of rotatable bonds is 24. The second-order valence-electron chi connectivity index (χ2n) is 20.7. The van der Waals surface area contributed by atoms with Crippen molar-refractivity contribution < 1.29 is 17.1 Å². The SMILES string of the molecule is CCCCCCCCC.CCCCCCCCC.CCCCCCCCC.CCCCCCCCC.[Cu+2].c1ccc2c(c1)-c1nc-2nc2[n-]c(nc3nc(nc4[n-]c(n1)c1ccccc41)-c1ccccc1-3)c1ccccc21. The van der Waals surface area contributed by atoms with Crippen LogP contribution in [0, 0.1) is 0 Å². The van der Waals surface area contributed by atoms with Gasteiger partial charge in [0.15, 0.2) is 0 Å². The van der Waals surface area contributed by atoms with Crippen LogP contribution in [0.15, 0.2) is 97.1 Å². The second kappa shape index (κ2) is 38.3. The fraction of sp³-hybridized carbons (Fsp3) is 0.529. The predicted octanol–water partition coefficient (Wildman–Crippen LogP) is 21.2. The molecule has 8 bridgehead atoms. The van der Waals surface area contributed by atoms with Gasteiger partial charge in [-0.2, -0.15) is 0 Å². The summed E-state index contributed by atoms with van der Waals surface area (Å²) in [6, 6.07) is 31.8. The molecule has 1 radical (unpaired) electrons. The molecule has 0 saturated carbocycles. The monoisotopic (exact) mass is 1090 g/mol. The van der Waals surface area contributed by atoms with E-state index >= 15 is 0 Å². The molecule has 419 valence electrons. The Hall–Kier alpha value is -5.24. The molecular weight excluding hydrogens is 992 g/mol. The summed E-state index contributed by atoms with van der Waals surface area (Å²) in [6.45, 7) is 18.1. The Balaban J connectivity index is 0.000000283. The average Bonchev–Trinajstić information content (AvgIpc) is 4.20. The van der Waals surface area contributed by atoms with Gasteiger partial charge in [0.05, 0.1) is 23.3 Å². The van der Waals surface area contributed by atoms with Crippen LogP contribution in [-0.4, -0.2) is 29.9 Å². The molecule has 2 aliphatic rings. The number of hydrogen-bond acceptors (Lipinski definition) is 6. The van der Waals surface area contributed by atoms with E-state index in [4.69, 9.17) is 39.9 Å². The largest absolute Gasteiger partial charge is 2.00 e. The maximum absolute atomic E-state index is 4.95. The summed E-state index contributed by atoms with van der Waals surface area (Å²) in [6.07, 6.45) is 39.9. The number of nitrogens with zero attached hydrogens (tertiary/aromatic N) is 8. The number of aromatic nitrogens is 8. The summed E-state index contributed by atoms with van der Waals surface area (Å²) in [5.74, 6) is 2.21. The number of benzene rings is 4. The zero-order valence-corrected chi connectivity index (χ0v) is 49.9. The summed E-state index contributed by atoms with van der Waals surface area (Å²) < 4.78 is 0. The van der Waals surface area contributed by atoms with E-state index in [0.29, 0.717) is 45.9 Å². The van der Waals surface area contributed by atoms with E-state index in [1.807, 2.05) is 97.1 Å². The maximum atomic E-state index is 4.95. The first kappa shape index (κ1) is 64.3. The van der Waals surface area contributed by atoms with Crippen molar-refractivity contribution in [2.24, 2.45) is 0 Å². The molecule has 0 atom stereocenters. The summed E-state index contributed by atoms with van der Waals surface area (Å²) in [7, 11) is 0. The first-order valence-corrected chi connectivity index (χ1v) is 30.5. The molecule has 9 rings (SSSR count). The van der Waals surface area contributed by atoms with Gasteiger partial charge in [0.1, 0.15) is 0 Å². The fourth-order valence-electron chi connectivity index (χ4n) is 9.58. The van der Waals surface area contributed by atoms with Crippen LogP contribution in [0.4, 0.5) is 0 Å². The molecule has 0 N–H and O–H groups in total. The Morgan fingerprint density at radius 2 is 0.403 bits per heavy atom. The molecule has 5 heterocycles. The predicted molar refractivity (Wildman–Crippen MR) is 329 cm³/mol. The average molecular weight is 1090 g/mol. The van der Waals surface area contributed by atoms with E-state index in [1.165, 1.54) is 180 Å². The summed E-state index contributed by atoms with van der Waals surface area (Å²) >= 11 is 0. The molecule has 0 spiro atoms. The number of fused-ring (bicyclic) bond motifs is 20.